The molecular weight excluding hydrogens is 394 g/mol. The maximum atomic E-state index is 5.93. The van der Waals surface area contributed by atoms with Crippen LogP contribution in [-0.4, -0.2) is 46.3 Å². The van der Waals surface area contributed by atoms with Gasteiger partial charge in [-0.15, -0.1) is 5.10 Å². The third-order valence-corrected chi connectivity index (χ3v) is 7.01. The minimum Gasteiger partial charge on any atom is -0.357 e. The molecule has 2 aromatic rings. The molecule has 0 bridgehead atoms. The number of rotatable bonds is 8. The molecule has 0 amide bonds. The molecule has 162 valence electrons. The van der Waals surface area contributed by atoms with E-state index in [4.69, 9.17) is 12.2 Å². The van der Waals surface area contributed by atoms with Gasteiger partial charge in [-0.1, -0.05) is 50.7 Å². The molecule has 0 aromatic carbocycles. The number of hydrogen-bond acceptors (Lipinski definition) is 6. The van der Waals surface area contributed by atoms with Crippen LogP contribution < -0.4 is 0 Å². The predicted octanol–water partition coefficient (Wildman–Crippen LogP) is 4.45. The van der Waals surface area contributed by atoms with E-state index in [1.165, 1.54) is 64.2 Å². The molecule has 2 aliphatic carbocycles. The average molecular weight is 428 g/mol. The van der Waals surface area contributed by atoms with Crippen molar-refractivity contribution in [2.45, 2.75) is 102 Å². The monoisotopic (exact) mass is 427 g/mol. The van der Waals surface area contributed by atoms with Crippen LogP contribution in [0, 0.1) is 0 Å². The van der Waals surface area contributed by atoms with E-state index >= 15 is 0 Å². The first-order chi connectivity index (χ1) is 14.8. The molecule has 2 saturated carbocycles. The fraction of sp³-hybridized carbons (Fsp3) is 0.727. The van der Waals surface area contributed by atoms with Crippen molar-refractivity contribution in [3.8, 4) is 0 Å². The highest BCUT2D eigenvalue weighted by Crippen LogP contribution is 2.28. The van der Waals surface area contributed by atoms with Crippen LogP contribution in [0.25, 0.3) is 0 Å². The Morgan fingerprint density at radius 3 is 2.53 bits per heavy atom. The maximum absolute atomic E-state index is 5.93. The van der Waals surface area contributed by atoms with Crippen LogP contribution in [-0.2, 0) is 13.0 Å². The molecule has 2 aliphatic rings. The van der Waals surface area contributed by atoms with E-state index in [-0.39, 0.29) is 0 Å². The average Bonchev–Trinajstić information content (AvgIpc) is 3.28. The van der Waals surface area contributed by atoms with E-state index < -0.39 is 0 Å². The Hall–Kier alpha value is -1.96. The van der Waals surface area contributed by atoms with Gasteiger partial charge in [0.05, 0.1) is 23.3 Å². The lowest BCUT2D eigenvalue weighted by Gasteiger charge is -2.36. The van der Waals surface area contributed by atoms with Gasteiger partial charge < -0.3 is 4.90 Å². The number of nitrogens with zero attached hydrogens (tertiary/aromatic N) is 7. The van der Waals surface area contributed by atoms with Gasteiger partial charge in [0.15, 0.2) is 5.82 Å². The SMILES string of the molecule is S=C(CCCc1nnnn1C1CCCCC1)N(Cc1cccnn1)C1CCCCC1. The van der Waals surface area contributed by atoms with Crippen molar-refractivity contribution in [3.63, 3.8) is 0 Å². The Labute approximate surface area is 184 Å². The highest BCUT2D eigenvalue weighted by Gasteiger charge is 2.24. The molecule has 30 heavy (non-hydrogen) atoms. The van der Waals surface area contributed by atoms with E-state index in [1.807, 2.05) is 12.1 Å². The van der Waals surface area contributed by atoms with Crippen LogP contribution in [0.3, 0.4) is 0 Å². The molecule has 4 rings (SSSR count). The van der Waals surface area contributed by atoms with Crippen LogP contribution in [0.2, 0.25) is 0 Å². The topological polar surface area (TPSA) is 72.6 Å². The summed E-state index contributed by atoms with van der Waals surface area (Å²) in [6.07, 6.45) is 17.2. The van der Waals surface area contributed by atoms with Gasteiger partial charge in [-0.05, 0) is 61.1 Å². The Kier molecular flexibility index (Phi) is 7.72. The molecule has 0 saturated heterocycles. The Morgan fingerprint density at radius 1 is 1.03 bits per heavy atom. The number of hydrogen-bond donors (Lipinski definition) is 0. The molecule has 0 aliphatic heterocycles. The standard InChI is InChI=1S/C22H33N7S/c30-22(15-7-14-21-25-26-27-29(21)20-12-5-2-6-13-20)28(19-10-3-1-4-11-19)17-18-9-8-16-23-24-18/h8-9,16,19-20H,1-7,10-15,17H2. The minimum absolute atomic E-state index is 0.478. The van der Waals surface area contributed by atoms with E-state index in [9.17, 15) is 0 Å². The van der Waals surface area contributed by atoms with E-state index in [1.54, 1.807) is 6.20 Å². The zero-order valence-corrected chi connectivity index (χ0v) is 18.6. The van der Waals surface area contributed by atoms with E-state index in [2.05, 4.69) is 35.3 Å². The Bertz CT molecular complexity index is 782. The summed E-state index contributed by atoms with van der Waals surface area (Å²) >= 11 is 5.93. The number of aryl methyl sites for hydroxylation is 1. The van der Waals surface area contributed by atoms with Crippen LogP contribution in [0.4, 0.5) is 0 Å². The third kappa shape index (κ3) is 5.59. The molecule has 0 unspecified atom stereocenters. The van der Waals surface area contributed by atoms with E-state index in [0.717, 1.165) is 42.3 Å². The first-order valence-electron chi connectivity index (χ1n) is 11.6. The van der Waals surface area contributed by atoms with Crippen molar-refractivity contribution < 1.29 is 0 Å². The maximum Gasteiger partial charge on any atom is 0.151 e. The number of aromatic nitrogens is 6. The molecule has 0 atom stereocenters. The van der Waals surface area contributed by atoms with Gasteiger partial charge in [-0.2, -0.15) is 10.2 Å². The number of thiocarbonyl (C=S) groups is 1. The van der Waals surface area contributed by atoms with Gasteiger partial charge in [0, 0.05) is 18.7 Å². The van der Waals surface area contributed by atoms with Crippen LogP contribution in [0.1, 0.15) is 94.6 Å². The van der Waals surface area contributed by atoms with Gasteiger partial charge in [-0.3, -0.25) is 0 Å². The van der Waals surface area contributed by atoms with Gasteiger partial charge >= 0.3 is 0 Å². The zero-order chi connectivity index (χ0) is 20.6. The number of tetrazole rings is 1. The van der Waals surface area contributed by atoms with Crippen LogP contribution >= 0.6 is 12.2 Å². The lowest BCUT2D eigenvalue weighted by molar-refractivity contribution is 0.234. The molecule has 2 aromatic heterocycles. The van der Waals surface area contributed by atoms with Gasteiger partial charge in [0.2, 0.25) is 0 Å². The van der Waals surface area contributed by atoms with Crippen LogP contribution in [0.5, 0.6) is 0 Å². The minimum atomic E-state index is 0.478. The van der Waals surface area contributed by atoms with Crippen molar-refractivity contribution >= 4 is 17.2 Å². The summed E-state index contributed by atoms with van der Waals surface area (Å²) < 4.78 is 2.08. The first-order valence-corrected chi connectivity index (χ1v) is 12.0. The quantitative estimate of drug-likeness (QED) is 0.576. The largest absolute Gasteiger partial charge is 0.357 e. The summed E-state index contributed by atoms with van der Waals surface area (Å²) in [6.45, 7) is 0.761. The highest BCUT2D eigenvalue weighted by atomic mass is 32.1. The van der Waals surface area contributed by atoms with Crippen molar-refractivity contribution in [2.24, 2.45) is 0 Å². The van der Waals surface area contributed by atoms with Crippen molar-refractivity contribution in [1.82, 2.24) is 35.3 Å². The summed E-state index contributed by atoms with van der Waals surface area (Å²) in [5, 5.41) is 20.9. The third-order valence-electron chi connectivity index (χ3n) is 6.57. The van der Waals surface area contributed by atoms with Crippen LogP contribution in [0.15, 0.2) is 18.3 Å². The Morgan fingerprint density at radius 2 is 1.80 bits per heavy atom. The molecule has 0 radical (unpaired) electrons. The van der Waals surface area contributed by atoms with Gasteiger partial charge in [0.1, 0.15) is 0 Å². The van der Waals surface area contributed by atoms with Crippen molar-refractivity contribution in [1.29, 1.82) is 0 Å². The fourth-order valence-electron chi connectivity index (χ4n) is 4.93. The first kappa shape index (κ1) is 21.3. The lowest BCUT2D eigenvalue weighted by atomic mass is 9.93. The molecule has 2 heterocycles. The molecule has 8 heteroatoms. The molecule has 2 fully saturated rings. The smallest absolute Gasteiger partial charge is 0.151 e. The normalized spacial score (nSPS) is 18.4. The summed E-state index contributed by atoms with van der Waals surface area (Å²) in [5.74, 6) is 1.02. The second kappa shape index (κ2) is 10.9. The lowest BCUT2D eigenvalue weighted by Crippen LogP contribution is -2.40. The zero-order valence-electron chi connectivity index (χ0n) is 17.8. The summed E-state index contributed by atoms with van der Waals surface area (Å²) in [7, 11) is 0. The highest BCUT2D eigenvalue weighted by molar-refractivity contribution is 7.80. The fourth-order valence-corrected chi connectivity index (χ4v) is 5.29. The second-order valence-electron chi connectivity index (χ2n) is 8.71. The van der Waals surface area contributed by atoms with E-state index in [0.29, 0.717) is 12.1 Å². The molecule has 7 nitrogen and oxygen atoms in total. The molecule has 0 spiro atoms. The summed E-state index contributed by atoms with van der Waals surface area (Å²) in [5.41, 5.74) is 0.992. The van der Waals surface area contributed by atoms with Gasteiger partial charge in [-0.25, -0.2) is 4.68 Å². The summed E-state index contributed by atoms with van der Waals surface area (Å²) in [4.78, 5) is 3.46. The van der Waals surface area contributed by atoms with Crippen molar-refractivity contribution in [2.75, 3.05) is 0 Å². The second-order valence-corrected chi connectivity index (χ2v) is 9.18. The van der Waals surface area contributed by atoms with Gasteiger partial charge in [0.25, 0.3) is 0 Å². The summed E-state index contributed by atoms with van der Waals surface area (Å²) in [6, 6.07) is 5.01. The van der Waals surface area contributed by atoms with Crippen molar-refractivity contribution in [3.05, 3.63) is 29.8 Å². The predicted molar refractivity (Wildman–Crippen MR) is 120 cm³/mol. The Balaban J connectivity index is 1.35. The molecule has 0 N–H and O–H groups in total. The molecular formula is C22H33N7S.